The number of hydrogen-bond acceptors (Lipinski definition) is 3. The molecule has 2 amide bonds. The van der Waals surface area contributed by atoms with Crippen LogP contribution < -0.4 is 10.6 Å². The number of aliphatic carboxylic acids is 1. The van der Waals surface area contributed by atoms with Crippen LogP contribution in [-0.2, 0) is 18.4 Å². The largest absolute Gasteiger partial charge is 0.481 e. The molecule has 7 heteroatoms. The first-order valence-electron chi connectivity index (χ1n) is 6.61. The van der Waals surface area contributed by atoms with Crippen LogP contribution in [0.15, 0.2) is 6.20 Å². The number of nitrogens with zero attached hydrogens (tertiary/aromatic N) is 2. The van der Waals surface area contributed by atoms with Crippen molar-refractivity contribution in [2.45, 2.75) is 33.2 Å². The van der Waals surface area contributed by atoms with E-state index in [1.165, 1.54) is 0 Å². The monoisotopic (exact) mass is 282 g/mol. The summed E-state index contributed by atoms with van der Waals surface area (Å²) in [5.74, 6) is -0.676. The van der Waals surface area contributed by atoms with Gasteiger partial charge in [0.1, 0.15) is 0 Å². The van der Waals surface area contributed by atoms with Crippen LogP contribution in [0.2, 0.25) is 0 Å². The first-order chi connectivity index (χ1) is 9.40. The molecule has 1 heterocycles. The zero-order valence-corrected chi connectivity index (χ0v) is 12.1. The molecule has 0 aliphatic heterocycles. The van der Waals surface area contributed by atoms with Crippen LogP contribution in [0, 0.1) is 12.8 Å². The predicted molar refractivity (Wildman–Crippen MR) is 74.2 cm³/mol. The summed E-state index contributed by atoms with van der Waals surface area (Å²) in [5.41, 5.74) is 1.99. The Kier molecular flexibility index (Phi) is 6.02. The smallest absolute Gasteiger partial charge is 0.315 e. The molecule has 0 saturated carbocycles. The molecule has 0 radical (unpaired) electrons. The molecule has 1 rings (SSSR count). The quantitative estimate of drug-likeness (QED) is 0.696. The molecule has 0 aliphatic rings. The number of carbonyl (C=O) groups is 2. The number of carbonyl (C=O) groups excluding carboxylic acids is 1. The Morgan fingerprint density at radius 3 is 2.70 bits per heavy atom. The number of carboxylic acid groups (broad SMARTS) is 1. The molecule has 3 N–H and O–H groups in total. The fourth-order valence-corrected chi connectivity index (χ4v) is 1.69. The van der Waals surface area contributed by atoms with E-state index in [9.17, 15) is 9.59 Å². The number of urea groups is 1. The van der Waals surface area contributed by atoms with Gasteiger partial charge in [-0.2, -0.15) is 5.10 Å². The number of carboxylic acids is 1. The summed E-state index contributed by atoms with van der Waals surface area (Å²) in [5, 5.41) is 18.2. The number of rotatable bonds is 7. The first-order valence-corrected chi connectivity index (χ1v) is 6.61. The van der Waals surface area contributed by atoms with Gasteiger partial charge >= 0.3 is 12.0 Å². The van der Waals surface area contributed by atoms with E-state index in [0.29, 0.717) is 19.5 Å². The van der Waals surface area contributed by atoms with E-state index in [2.05, 4.69) is 15.7 Å². The highest BCUT2D eigenvalue weighted by molar-refractivity contribution is 5.73. The van der Waals surface area contributed by atoms with E-state index in [0.717, 1.165) is 11.3 Å². The number of aromatic nitrogens is 2. The van der Waals surface area contributed by atoms with Crippen molar-refractivity contribution in [2.24, 2.45) is 13.0 Å². The highest BCUT2D eigenvalue weighted by atomic mass is 16.4. The average Bonchev–Trinajstić information content (AvgIpc) is 2.72. The second kappa shape index (κ2) is 7.52. The number of nitrogens with one attached hydrogen (secondary N) is 2. The molecule has 112 valence electrons. The van der Waals surface area contributed by atoms with Crippen molar-refractivity contribution in [2.75, 3.05) is 6.54 Å². The second-order valence-corrected chi connectivity index (χ2v) is 4.98. The number of hydrogen-bond donors (Lipinski definition) is 3. The molecule has 1 atom stereocenters. The van der Waals surface area contributed by atoms with Crippen molar-refractivity contribution in [3.05, 3.63) is 17.5 Å². The molecular weight excluding hydrogens is 260 g/mol. The van der Waals surface area contributed by atoms with Crippen molar-refractivity contribution in [1.82, 2.24) is 20.4 Å². The Morgan fingerprint density at radius 1 is 1.45 bits per heavy atom. The van der Waals surface area contributed by atoms with Crippen LogP contribution in [0.3, 0.4) is 0 Å². The Labute approximate surface area is 118 Å². The fourth-order valence-electron chi connectivity index (χ4n) is 1.69. The van der Waals surface area contributed by atoms with Gasteiger partial charge in [-0.15, -0.1) is 0 Å². The van der Waals surface area contributed by atoms with E-state index >= 15 is 0 Å². The van der Waals surface area contributed by atoms with Gasteiger partial charge in [-0.25, -0.2) is 4.79 Å². The van der Waals surface area contributed by atoms with Gasteiger partial charge in [0.05, 0.1) is 6.20 Å². The normalized spacial score (nSPS) is 11.9. The highest BCUT2D eigenvalue weighted by Crippen LogP contribution is 2.05. The molecule has 0 saturated heterocycles. The molecule has 0 aliphatic carbocycles. The van der Waals surface area contributed by atoms with Gasteiger partial charge in [-0.3, -0.25) is 9.48 Å². The van der Waals surface area contributed by atoms with Gasteiger partial charge in [0, 0.05) is 37.8 Å². The van der Waals surface area contributed by atoms with Gasteiger partial charge in [-0.1, -0.05) is 6.92 Å². The van der Waals surface area contributed by atoms with Crippen LogP contribution >= 0.6 is 0 Å². The minimum absolute atomic E-state index is 0.124. The molecule has 1 unspecified atom stereocenters. The lowest BCUT2D eigenvalue weighted by atomic mass is 10.1. The maximum Gasteiger partial charge on any atom is 0.315 e. The van der Waals surface area contributed by atoms with E-state index in [1.54, 1.807) is 10.9 Å². The molecule has 1 aromatic rings. The molecule has 20 heavy (non-hydrogen) atoms. The van der Waals surface area contributed by atoms with Crippen LogP contribution in [0.25, 0.3) is 0 Å². The van der Waals surface area contributed by atoms with Crippen LogP contribution in [-0.4, -0.2) is 33.4 Å². The van der Waals surface area contributed by atoms with Crippen molar-refractivity contribution in [3.8, 4) is 0 Å². The predicted octanol–water partition coefficient (Wildman–Crippen LogP) is 1.03. The van der Waals surface area contributed by atoms with E-state index in [-0.39, 0.29) is 18.4 Å². The number of aryl methyl sites for hydroxylation is 1. The second-order valence-electron chi connectivity index (χ2n) is 4.98. The highest BCUT2D eigenvalue weighted by Gasteiger charge is 2.09. The molecular formula is C13H22N4O3. The van der Waals surface area contributed by atoms with Gasteiger partial charge in [0.15, 0.2) is 0 Å². The van der Waals surface area contributed by atoms with Crippen LogP contribution in [0.1, 0.15) is 31.0 Å². The van der Waals surface area contributed by atoms with Crippen molar-refractivity contribution in [3.63, 3.8) is 0 Å². The van der Waals surface area contributed by atoms with E-state index < -0.39 is 5.97 Å². The zero-order chi connectivity index (χ0) is 15.1. The molecule has 0 bridgehead atoms. The average molecular weight is 282 g/mol. The topological polar surface area (TPSA) is 96.2 Å². The van der Waals surface area contributed by atoms with Crippen LogP contribution in [0.4, 0.5) is 4.79 Å². The van der Waals surface area contributed by atoms with Gasteiger partial charge in [-0.05, 0) is 19.3 Å². The summed E-state index contributed by atoms with van der Waals surface area (Å²) in [6, 6.07) is -0.254. The van der Waals surface area contributed by atoms with E-state index in [4.69, 9.17) is 5.11 Å². The summed E-state index contributed by atoms with van der Waals surface area (Å²) >= 11 is 0. The van der Waals surface area contributed by atoms with E-state index in [1.807, 2.05) is 20.9 Å². The maximum atomic E-state index is 11.6. The Bertz CT molecular complexity index is 470. The maximum absolute atomic E-state index is 11.6. The zero-order valence-electron chi connectivity index (χ0n) is 12.1. The van der Waals surface area contributed by atoms with Crippen molar-refractivity contribution >= 4 is 12.0 Å². The fraction of sp³-hybridized carbons (Fsp3) is 0.615. The summed E-state index contributed by atoms with van der Waals surface area (Å²) in [6.45, 7) is 4.74. The Morgan fingerprint density at radius 2 is 2.15 bits per heavy atom. The van der Waals surface area contributed by atoms with Crippen molar-refractivity contribution < 1.29 is 14.7 Å². The third kappa shape index (κ3) is 5.29. The number of amides is 2. The standard InChI is InChI=1S/C13H22N4O3/c1-9(4-5-12(18)19)6-14-13(20)15-7-11-8-16-17(3)10(11)2/h8-9H,4-7H2,1-3H3,(H,18,19)(H2,14,15,20). The summed E-state index contributed by atoms with van der Waals surface area (Å²) in [6.07, 6.45) is 2.40. The molecule has 1 aromatic heterocycles. The van der Waals surface area contributed by atoms with Gasteiger partial charge < -0.3 is 15.7 Å². The minimum atomic E-state index is -0.812. The van der Waals surface area contributed by atoms with Gasteiger partial charge in [0.2, 0.25) is 0 Å². The Balaban J connectivity index is 2.23. The van der Waals surface area contributed by atoms with Crippen molar-refractivity contribution in [1.29, 1.82) is 0 Å². The summed E-state index contributed by atoms with van der Waals surface area (Å²) < 4.78 is 1.75. The molecule has 0 spiro atoms. The van der Waals surface area contributed by atoms with Crippen LogP contribution in [0.5, 0.6) is 0 Å². The lowest BCUT2D eigenvalue weighted by molar-refractivity contribution is -0.137. The summed E-state index contributed by atoms with van der Waals surface area (Å²) in [7, 11) is 1.85. The lowest BCUT2D eigenvalue weighted by Gasteiger charge is -2.12. The summed E-state index contributed by atoms with van der Waals surface area (Å²) in [4.78, 5) is 22.0. The van der Waals surface area contributed by atoms with Gasteiger partial charge in [0.25, 0.3) is 0 Å². The molecule has 0 aromatic carbocycles. The Hall–Kier alpha value is -2.05. The minimum Gasteiger partial charge on any atom is -0.481 e. The first kappa shape index (κ1) is 16.0. The third-order valence-corrected chi connectivity index (χ3v) is 3.24. The third-order valence-electron chi connectivity index (χ3n) is 3.24. The SMILES string of the molecule is Cc1c(CNC(=O)NCC(C)CCC(=O)O)cnn1C. The lowest BCUT2D eigenvalue weighted by Crippen LogP contribution is -2.37. The molecule has 7 nitrogen and oxygen atoms in total. The molecule has 0 fully saturated rings.